The van der Waals surface area contributed by atoms with Gasteiger partial charge >= 0.3 is 0 Å². The van der Waals surface area contributed by atoms with E-state index in [0.29, 0.717) is 24.8 Å². The largest absolute Gasteiger partial charge is 0.378 e. The molecule has 2 rings (SSSR count). The van der Waals surface area contributed by atoms with Gasteiger partial charge in [0.1, 0.15) is 4.60 Å². The Morgan fingerprint density at radius 2 is 2.26 bits per heavy atom. The lowest BCUT2D eigenvalue weighted by molar-refractivity contribution is -0.117. The van der Waals surface area contributed by atoms with Crippen molar-refractivity contribution in [2.24, 2.45) is 0 Å². The van der Waals surface area contributed by atoms with Crippen LogP contribution in [0.2, 0.25) is 0 Å². The summed E-state index contributed by atoms with van der Waals surface area (Å²) in [7, 11) is 0. The molecule has 0 aromatic carbocycles. The third-order valence-corrected chi connectivity index (χ3v) is 3.45. The number of nitrogens with zero attached hydrogens (tertiary/aromatic N) is 1. The first-order valence-corrected chi connectivity index (χ1v) is 7.27. The van der Waals surface area contributed by atoms with E-state index < -0.39 is 0 Å². The Labute approximate surface area is 121 Å². The maximum atomic E-state index is 11.7. The number of hydrogen-bond donors (Lipinski definition) is 2. The summed E-state index contributed by atoms with van der Waals surface area (Å²) in [6.45, 7) is 2.48. The fourth-order valence-corrected chi connectivity index (χ4v) is 2.19. The first-order chi connectivity index (χ1) is 9.24. The highest BCUT2D eigenvalue weighted by atomic mass is 79.9. The fraction of sp³-hybridized carbons (Fsp3) is 0.538. The summed E-state index contributed by atoms with van der Waals surface area (Å²) in [5.41, 5.74) is 0.704. The maximum absolute atomic E-state index is 11.7. The Hall–Kier alpha value is -0.980. The van der Waals surface area contributed by atoms with Crippen molar-refractivity contribution in [3.05, 3.63) is 22.9 Å². The Kier molecular flexibility index (Phi) is 5.75. The second-order valence-electron chi connectivity index (χ2n) is 4.49. The Bertz CT molecular complexity index is 405. The van der Waals surface area contributed by atoms with E-state index in [1.807, 2.05) is 6.07 Å². The molecule has 1 amide bonds. The van der Waals surface area contributed by atoms with Crippen LogP contribution in [-0.2, 0) is 9.53 Å². The van der Waals surface area contributed by atoms with Gasteiger partial charge in [-0.25, -0.2) is 4.98 Å². The molecule has 1 saturated heterocycles. The van der Waals surface area contributed by atoms with Crippen molar-refractivity contribution < 1.29 is 9.53 Å². The second-order valence-corrected chi connectivity index (χ2v) is 5.30. The smallest absolute Gasteiger partial charge is 0.226 e. The van der Waals surface area contributed by atoms with Crippen LogP contribution in [0.1, 0.15) is 19.3 Å². The van der Waals surface area contributed by atoms with Gasteiger partial charge in [-0.15, -0.1) is 0 Å². The second kappa shape index (κ2) is 7.57. The molecule has 1 aliphatic heterocycles. The lowest BCUT2D eigenvalue weighted by atomic mass is 10.1. The SMILES string of the molecule is O=C(CCOC1CCNCC1)Nc1ccc(Br)nc1. The zero-order valence-corrected chi connectivity index (χ0v) is 12.3. The first kappa shape index (κ1) is 14.4. The molecular weight excluding hydrogens is 310 g/mol. The minimum Gasteiger partial charge on any atom is -0.378 e. The van der Waals surface area contributed by atoms with Crippen LogP contribution >= 0.6 is 15.9 Å². The normalized spacial score (nSPS) is 16.3. The average molecular weight is 328 g/mol. The van der Waals surface area contributed by atoms with E-state index in [4.69, 9.17) is 4.74 Å². The molecule has 104 valence electrons. The molecule has 2 N–H and O–H groups in total. The molecule has 5 nitrogen and oxygen atoms in total. The molecule has 1 fully saturated rings. The Balaban J connectivity index is 1.65. The van der Waals surface area contributed by atoms with Crippen LogP contribution < -0.4 is 10.6 Å². The molecule has 19 heavy (non-hydrogen) atoms. The van der Waals surface area contributed by atoms with Crippen LogP contribution in [0.3, 0.4) is 0 Å². The van der Waals surface area contributed by atoms with Crippen molar-refractivity contribution in [2.75, 3.05) is 25.0 Å². The van der Waals surface area contributed by atoms with Crippen LogP contribution in [0.25, 0.3) is 0 Å². The van der Waals surface area contributed by atoms with Gasteiger partial charge in [0.2, 0.25) is 5.91 Å². The zero-order valence-electron chi connectivity index (χ0n) is 10.7. The number of nitrogens with one attached hydrogen (secondary N) is 2. The maximum Gasteiger partial charge on any atom is 0.226 e. The van der Waals surface area contributed by atoms with Crippen molar-refractivity contribution in [1.29, 1.82) is 0 Å². The number of amides is 1. The molecule has 2 heterocycles. The summed E-state index contributed by atoms with van der Waals surface area (Å²) in [5.74, 6) is -0.0435. The minimum absolute atomic E-state index is 0.0435. The predicted molar refractivity (Wildman–Crippen MR) is 77.0 cm³/mol. The standard InChI is InChI=1S/C13H18BrN3O2/c14-12-2-1-10(9-16-12)17-13(18)5-8-19-11-3-6-15-7-4-11/h1-2,9,11,15H,3-8H2,(H,17,18). The van der Waals surface area contributed by atoms with Gasteiger partial charge in [0.25, 0.3) is 0 Å². The monoisotopic (exact) mass is 327 g/mol. The van der Waals surface area contributed by atoms with Crippen LogP contribution in [0.15, 0.2) is 22.9 Å². The molecule has 0 aliphatic carbocycles. The van der Waals surface area contributed by atoms with Crippen LogP contribution in [0.4, 0.5) is 5.69 Å². The van der Waals surface area contributed by atoms with Crippen molar-refractivity contribution in [3.8, 4) is 0 Å². The van der Waals surface area contributed by atoms with Gasteiger partial charge in [-0.2, -0.15) is 0 Å². The van der Waals surface area contributed by atoms with Gasteiger partial charge in [0.15, 0.2) is 0 Å². The van der Waals surface area contributed by atoms with Crippen LogP contribution in [0, 0.1) is 0 Å². The number of anilines is 1. The number of piperidine rings is 1. The van der Waals surface area contributed by atoms with E-state index in [-0.39, 0.29) is 5.91 Å². The molecule has 0 unspecified atom stereocenters. The quantitative estimate of drug-likeness (QED) is 0.811. The number of ether oxygens (including phenoxy) is 1. The summed E-state index contributed by atoms with van der Waals surface area (Å²) in [6, 6.07) is 3.60. The number of halogens is 1. The molecule has 0 saturated carbocycles. The van der Waals surface area contributed by atoms with E-state index in [9.17, 15) is 4.79 Å². The third-order valence-electron chi connectivity index (χ3n) is 2.98. The molecule has 0 bridgehead atoms. The van der Waals surface area contributed by atoms with Gasteiger partial charge in [-0.05, 0) is 54.0 Å². The topological polar surface area (TPSA) is 63.2 Å². The lowest BCUT2D eigenvalue weighted by Crippen LogP contribution is -2.33. The lowest BCUT2D eigenvalue weighted by Gasteiger charge is -2.22. The number of carbonyl (C=O) groups excluding carboxylic acids is 1. The zero-order chi connectivity index (χ0) is 13.5. The van der Waals surface area contributed by atoms with E-state index in [1.54, 1.807) is 12.3 Å². The highest BCUT2D eigenvalue weighted by molar-refractivity contribution is 9.10. The minimum atomic E-state index is -0.0435. The summed E-state index contributed by atoms with van der Waals surface area (Å²) < 4.78 is 6.44. The Morgan fingerprint density at radius 1 is 1.47 bits per heavy atom. The molecule has 1 aliphatic rings. The Morgan fingerprint density at radius 3 is 2.95 bits per heavy atom. The summed E-state index contributed by atoms with van der Waals surface area (Å²) in [4.78, 5) is 15.7. The summed E-state index contributed by atoms with van der Waals surface area (Å²) in [5, 5.41) is 6.07. The fourth-order valence-electron chi connectivity index (χ4n) is 1.95. The van der Waals surface area contributed by atoms with E-state index in [0.717, 1.165) is 30.5 Å². The van der Waals surface area contributed by atoms with E-state index in [1.165, 1.54) is 0 Å². The molecule has 0 atom stereocenters. The van der Waals surface area contributed by atoms with Gasteiger partial charge < -0.3 is 15.4 Å². The van der Waals surface area contributed by atoms with Crippen molar-refractivity contribution >= 4 is 27.5 Å². The van der Waals surface area contributed by atoms with Crippen molar-refractivity contribution in [1.82, 2.24) is 10.3 Å². The van der Waals surface area contributed by atoms with E-state index >= 15 is 0 Å². The number of hydrogen-bond acceptors (Lipinski definition) is 4. The molecule has 6 heteroatoms. The van der Waals surface area contributed by atoms with E-state index in [2.05, 4.69) is 31.5 Å². The molecular formula is C13H18BrN3O2. The van der Waals surface area contributed by atoms with Gasteiger partial charge in [0, 0.05) is 0 Å². The first-order valence-electron chi connectivity index (χ1n) is 6.48. The highest BCUT2D eigenvalue weighted by Gasteiger charge is 2.13. The van der Waals surface area contributed by atoms with Gasteiger partial charge in [0.05, 0.1) is 31.0 Å². The summed E-state index contributed by atoms with van der Waals surface area (Å²) in [6.07, 6.45) is 4.34. The van der Waals surface area contributed by atoms with Crippen molar-refractivity contribution in [2.45, 2.75) is 25.4 Å². The molecule has 0 spiro atoms. The van der Waals surface area contributed by atoms with Crippen molar-refractivity contribution in [3.63, 3.8) is 0 Å². The van der Waals surface area contributed by atoms with Crippen LogP contribution in [0.5, 0.6) is 0 Å². The number of rotatable bonds is 5. The average Bonchev–Trinajstić information content (AvgIpc) is 2.43. The van der Waals surface area contributed by atoms with Gasteiger partial charge in [-0.1, -0.05) is 0 Å². The molecule has 1 aromatic heterocycles. The van der Waals surface area contributed by atoms with Gasteiger partial charge in [-0.3, -0.25) is 4.79 Å². The number of pyridine rings is 1. The predicted octanol–water partition coefficient (Wildman–Crippen LogP) is 1.94. The molecule has 0 radical (unpaired) electrons. The highest BCUT2D eigenvalue weighted by Crippen LogP contribution is 2.11. The number of carbonyl (C=O) groups is 1. The number of aromatic nitrogens is 1. The molecule has 1 aromatic rings. The van der Waals surface area contributed by atoms with Crippen LogP contribution in [-0.4, -0.2) is 36.7 Å². The summed E-state index contributed by atoms with van der Waals surface area (Å²) >= 11 is 3.25. The third kappa shape index (κ3) is 5.26.